The van der Waals surface area contributed by atoms with E-state index in [4.69, 9.17) is 12.2 Å². The fourth-order valence-corrected chi connectivity index (χ4v) is 1.47. The van der Waals surface area contributed by atoms with Crippen LogP contribution < -0.4 is 5.73 Å². The van der Waals surface area contributed by atoms with Gasteiger partial charge in [0.25, 0.3) is 0 Å². The van der Waals surface area contributed by atoms with Crippen molar-refractivity contribution in [2.24, 2.45) is 5.73 Å². The number of aryl methyl sites for hydroxylation is 1. The van der Waals surface area contributed by atoms with Gasteiger partial charge in [0.05, 0.1) is 0 Å². The van der Waals surface area contributed by atoms with Gasteiger partial charge in [0.1, 0.15) is 0 Å². The Balaban J connectivity index is 2.57. The van der Waals surface area contributed by atoms with Gasteiger partial charge in [-0.25, -0.2) is 0 Å². The molecular formula is C12H16N2. The molecule has 2 heteroatoms. The molecule has 0 spiro atoms. The molecular weight excluding hydrogens is 172 g/mol. The summed E-state index contributed by atoms with van der Waals surface area (Å²) in [4.78, 5) is 4.21. The number of pyridine rings is 1. The zero-order valence-electron chi connectivity index (χ0n) is 8.53. The molecule has 1 aromatic rings. The standard InChI is InChI=1S/C12H16N2/c1-3-4-5-8-12(13)11-7-6-9-14-10(11)2/h1,6-7,9,12H,4-5,8,13H2,2H3. The summed E-state index contributed by atoms with van der Waals surface area (Å²) < 4.78 is 0. The first-order valence-electron chi connectivity index (χ1n) is 4.86. The van der Waals surface area contributed by atoms with Crippen LogP contribution in [0.4, 0.5) is 0 Å². The highest BCUT2D eigenvalue weighted by molar-refractivity contribution is 5.21. The fraction of sp³-hybridized carbons (Fsp3) is 0.417. The highest BCUT2D eigenvalue weighted by Crippen LogP contribution is 2.18. The normalized spacial score (nSPS) is 12.1. The van der Waals surface area contributed by atoms with E-state index in [-0.39, 0.29) is 6.04 Å². The van der Waals surface area contributed by atoms with E-state index >= 15 is 0 Å². The van der Waals surface area contributed by atoms with Gasteiger partial charge >= 0.3 is 0 Å². The number of nitrogens with zero attached hydrogens (tertiary/aromatic N) is 1. The number of aromatic nitrogens is 1. The van der Waals surface area contributed by atoms with Crippen LogP contribution in [0.1, 0.15) is 36.6 Å². The van der Waals surface area contributed by atoms with Crippen molar-refractivity contribution in [1.29, 1.82) is 0 Å². The van der Waals surface area contributed by atoms with Gasteiger partial charge in [0.15, 0.2) is 0 Å². The Morgan fingerprint density at radius 2 is 2.43 bits per heavy atom. The minimum absolute atomic E-state index is 0.0667. The van der Waals surface area contributed by atoms with Crippen molar-refractivity contribution in [2.75, 3.05) is 0 Å². The van der Waals surface area contributed by atoms with Gasteiger partial charge < -0.3 is 5.73 Å². The van der Waals surface area contributed by atoms with Crippen LogP contribution in [0.2, 0.25) is 0 Å². The second-order valence-corrected chi connectivity index (χ2v) is 3.38. The van der Waals surface area contributed by atoms with Crippen LogP contribution in [0.25, 0.3) is 0 Å². The predicted octanol–water partition coefficient (Wildman–Crippen LogP) is 2.19. The molecule has 0 bridgehead atoms. The summed E-state index contributed by atoms with van der Waals surface area (Å²) in [5.41, 5.74) is 8.17. The molecule has 2 N–H and O–H groups in total. The van der Waals surface area contributed by atoms with Gasteiger partial charge in [-0.05, 0) is 31.4 Å². The van der Waals surface area contributed by atoms with E-state index in [1.54, 1.807) is 6.20 Å². The summed E-state index contributed by atoms with van der Waals surface area (Å²) in [6, 6.07) is 4.02. The fourth-order valence-electron chi connectivity index (χ4n) is 1.47. The third kappa shape index (κ3) is 2.86. The summed E-state index contributed by atoms with van der Waals surface area (Å²) in [7, 11) is 0. The molecule has 2 nitrogen and oxygen atoms in total. The van der Waals surface area contributed by atoms with Gasteiger partial charge in [-0.3, -0.25) is 4.98 Å². The van der Waals surface area contributed by atoms with E-state index in [0.717, 1.165) is 30.5 Å². The van der Waals surface area contributed by atoms with Crippen molar-refractivity contribution in [2.45, 2.75) is 32.2 Å². The topological polar surface area (TPSA) is 38.9 Å². The van der Waals surface area contributed by atoms with Gasteiger partial charge in [-0.2, -0.15) is 0 Å². The first-order valence-corrected chi connectivity index (χ1v) is 4.86. The average molecular weight is 188 g/mol. The Morgan fingerprint density at radius 3 is 3.07 bits per heavy atom. The van der Waals surface area contributed by atoms with Crippen molar-refractivity contribution in [3.05, 3.63) is 29.6 Å². The highest BCUT2D eigenvalue weighted by Gasteiger charge is 2.07. The lowest BCUT2D eigenvalue weighted by molar-refractivity contribution is 0.615. The van der Waals surface area contributed by atoms with Crippen LogP contribution >= 0.6 is 0 Å². The maximum absolute atomic E-state index is 6.03. The molecule has 0 fully saturated rings. The number of terminal acetylenes is 1. The lowest BCUT2D eigenvalue weighted by Crippen LogP contribution is -2.12. The van der Waals surface area contributed by atoms with Gasteiger partial charge in [-0.1, -0.05) is 6.07 Å². The number of rotatable bonds is 4. The molecule has 74 valence electrons. The van der Waals surface area contributed by atoms with E-state index in [2.05, 4.69) is 10.9 Å². The number of nitrogens with two attached hydrogens (primary N) is 1. The monoisotopic (exact) mass is 188 g/mol. The van der Waals surface area contributed by atoms with Crippen molar-refractivity contribution in [1.82, 2.24) is 4.98 Å². The van der Waals surface area contributed by atoms with Crippen LogP contribution in [-0.2, 0) is 0 Å². The van der Waals surface area contributed by atoms with E-state index in [0.29, 0.717) is 0 Å². The molecule has 0 saturated heterocycles. The highest BCUT2D eigenvalue weighted by atomic mass is 14.7. The molecule has 0 amide bonds. The zero-order chi connectivity index (χ0) is 10.4. The molecule has 0 aliphatic heterocycles. The largest absolute Gasteiger partial charge is 0.324 e. The summed E-state index contributed by atoms with van der Waals surface area (Å²) >= 11 is 0. The Bertz CT molecular complexity index is 325. The van der Waals surface area contributed by atoms with Crippen LogP contribution in [0.5, 0.6) is 0 Å². The van der Waals surface area contributed by atoms with E-state index in [1.165, 1.54) is 0 Å². The quantitative estimate of drug-likeness (QED) is 0.581. The maximum atomic E-state index is 6.03. The van der Waals surface area contributed by atoms with Crippen molar-refractivity contribution < 1.29 is 0 Å². The van der Waals surface area contributed by atoms with Crippen LogP contribution in [0, 0.1) is 19.3 Å². The van der Waals surface area contributed by atoms with Crippen LogP contribution in [0.3, 0.4) is 0 Å². The Kier molecular flexibility index (Phi) is 4.15. The molecule has 0 radical (unpaired) electrons. The second-order valence-electron chi connectivity index (χ2n) is 3.38. The zero-order valence-corrected chi connectivity index (χ0v) is 8.53. The molecule has 1 atom stereocenters. The summed E-state index contributed by atoms with van der Waals surface area (Å²) in [6.07, 6.45) is 9.67. The Hall–Kier alpha value is -1.33. The Labute approximate surface area is 85.5 Å². The minimum Gasteiger partial charge on any atom is -0.324 e. The molecule has 0 saturated carbocycles. The molecule has 1 aromatic heterocycles. The molecule has 1 rings (SSSR count). The van der Waals surface area contributed by atoms with Crippen molar-refractivity contribution >= 4 is 0 Å². The smallest absolute Gasteiger partial charge is 0.0420 e. The summed E-state index contributed by atoms with van der Waals surface area (Å²) in [5, 5.41) is 0. The second kappa shape index (κ2) is 5.41. The number of hydrogen-bond donors (Lipinski definition) is 1. The van der Waals surface area contributed by atoms with Gasteiger partial charge in [-0.15, -0.1) is 12.3 Å². The van der Waals surface area contributed by atoms with E-state index in [1.807, 2.05) is 19.1 Å². The summed E-state index contributed by atoms with van der Waals surface area (Å²) in [5.74, 6) is 2.62. The third-order valence-corrected chi connectivity index (χ3v) is 2.28. The molecule has 0 aromatic carbocycles. The Morgan fingerprint density at radius 1 is 1.64 bits per heavy atom. The van der Waals surface area contributed by atoms with Gasteiger partial charge in [0.2, 0.25) is 0 Å². The lowest BCUT2D eigenvalue weighted by atomic mass is 10.0. The number of hydrogen-bond acceptors (Lipinski definition) is 2. The number of unbranched alkanes of at least 4 members (excludes halogenated alkanes) is 1. The summed E-state index contributed by atoms with van der Waals surface area (Å²) in [6.45, 7) is 1.98. The minimum atomic E-state index is 0.0667. The SMILES string of the molecule is C#CCCCC(N)c1cccnc1C. The molecule has 0 aliphatic rings. The molecule has 14 heavy (non-hydrogen) atoms. The van der Waals surface area contributed by atoms with Crippen LogP contribution in [0.15, 0.2) is 18.3 Å². The predicted molar refractivity (Wildman–Crippen MR) is 58.6 cm³/mol. The van der Waals surface area contributed by atoms with Gasteiger partial charge in [0, 0.05) is 24.4 Å². The first kappa shape index (κ1) is 10.7. The third-order valence-electron chi connectivity index (χ3n) is 2.28. The molecule has 1 unspecified atom stereocenters. The average Bonchev–Trinajstić information content (AvgIpc) is 2.18. The van der Waals surface area contributed by atoms with Crippen LogP contribution in [-0.4, -0.2) is 4.98 Å². The maximum Gasteiger partial charge on any atom is 0.0420 e. The van der Waals surface area contributed by atoms with Crippen molar-refractivity contribution in [3.63, 3.8) is 0 Å². The first-order chi connectivity index (χ1) is 6.75. The molecule has 1 heterocycles. The van der Waals surface area contributed by atoms with E-state index in [9.17, 15) is 0 Å². The van der Waals surface area contributed by atoms with Crippen molar-refractivity contribution in [3.8, 4) is 12.3 Å². The molecule has 0 aliphatic carbocycles. The van der Waals surface area contributed by atoms with E-state index < -0.39 is 0 Å². The lowest BCUT2D eigenvalue weighted by Gasteiger charge is -2.12.